The van der Waals surface area contributed by atoms with Crippen molar-refractivity contribution < 1.29 is 14.7 Å². The molecule has 3 rings (SSSR count). The number of carbonyl (C=O) groups is 2. The number of fused-ring (bicyclic) bond motifs is 1. The molecule has 128 valence electrons. The molecule has 0 radical (unpaired) electrons. The second-order valence-electron chi connectivity index (χ2n) is 6.63. The van der Waals surface area contributed by atoms with Crippen LogP contribution in [0.5, 0.6) is 0 Å². The first-order valence-corrected chi connectivity index (χ1v) is 9.41. The lowest BCUT2D eigenvalue weighted by Crippen LogP contribution is -2.38. The van der Waals surface area contributed by atoms with Gasteiger partial charge in [-0.1, -0.05) is 25.1 Å². The normalized spacial score (nSPS) is 15.4. The van der Waals surface area contributed by atoms with Gasteiger partial charge in [0.15, 0.2) is 0 Å². The Morgan fingerprint density at radius 2 is 2.08 bits per heavy atom. The molecule has 2 aromatic rings. The molecule has 0 bridgehead atoms. The molecule has 1 saturated carbocycles. The summed E-state index contributed by atoms with van der Waals surface area (Å²) in [5, 5.41) is 12.5. The van der Waals surface area contributed by atoms with Gasteiger partial charge in [0.2, 0.25) is 5.91 Å². The summed E-state index contributed by atoms with van der Waals surface area (Å²) >= 11 is 1.74. The standard InChI is InChI=1S/C19H23NO3S/c1-13(19(22)23)11-20(15-9-10-15)18(21)8-4-5-14-12-24-17-7-3-2-6-16(14)17/h2-3,6-7,12-13,15H,4-5,8-11H2,1H3,(H,22,23). The Kier molecular flexibility index (Phi) is 5.19. The van der Waals surface area contributed by atoms with Gasteiger partial charge < -0.3 is 10.0 Å². The van der Waals surface area contributed by atoms with E-state index in [1.807, 2.05) is 12.1 Å². The molecule has 1 heterocycles. The second kappa shape index (κ2) is 7.34. The van der Waals surface area contributed by atoms with Gasteiger partial charge in [-0.05, 0) is 48.1 Å². The maximum Gasteiger partial charge on any atom is 0.308 e. The fourth-order valence-corrected chi connectivity index (χ4v) is 4.01. The van der Waals surface area contributed by atoms with Crippen LogP contribution in [-0.2, 0) is 16.0 Å². The predicted molar refractivity (Wildman–Crippen MR) is 96.3 cm³/mol. The zero-order chi connectivity index (χ0) is 17.1. The van der Waals surface area contributed by atoms with E-state index in [-0.39, 0.29) is 11.9 Å². The molecule has 1 aliphatic rings. The van der Waals surface area contributed by atoms with Crippen LogP contribution < -0.4 is 0 Å². The van der Waals surface area contributed by atoms with Crippen molar-refractivity contribution in [3.63, 3.8) is 0 Å². The quantitative estimate of drug-likeness (QED) is 0.788. The first kappa shape index (κ1) is 17.0. The van der Waals surface area contributed by atoms with Crippen LogP contribution in [0.15, 0.2) is 29.6 Å². The number of rotatable bonds is 8. The molecule has 24 heavy (non-hydrogen) atoms. The highest BCUT2D eigenvalue weighted by Crippen LogP contribution is 2.29. The number of aliphatic carboxylic acids is 1. The molecule has 1 N–H and O–H groups in total. The molecule has 0 spiro atoms. The Morgan fingerprint density at radius 1 is 1.33 bits per heavy atom. The Labute approximate surface area is 146 Å². The summed E-state index contributed by atoms with van der Waals surface area (Å²) in [6.45, 7) is 2.00. The minimum Gasteiger partial charge on any atom is -0.481 e. The van der Waals surface area contributed by atoms with Gasteiger partial charge in [-0.2, -0.15) is 0 Å². The van der Waals surface area contributed by atoms with Crippen molar-refractivity contribution in [2.75, 3.05) is 6.54 Å². The number of carboxylic acids is 1. The molecule has 5 heteroatoms. The lowest BCUT2D eigenvalue weighted by Gasteiger charge is -2.24. The molecule has 1 aliphatic carbocycles. The predicted octanol–water partition coefficient (Wildman–Crippen LogP) is 3.94. The number of nitrogens with zero attached hydrogens (tertiary/aromatic N) is 1. The van der Waals surface area contributed by atoms with Gasteiger partial charge in [-0.3, -0.25) is 9.59 Å². The van der Waals surface area contributed by atoms with Crippen molar-refractivity contribution in [2.24, 2.45) is 5.92 Å². The largest absolute Gasteiger partial charge is 0.481 e. The summed E-state index contributed by atoms with van der Waals surface area (Å²) in [5.74, 6) is -1.24. The van der Waals surface area contributed by atoms with Crippen LogP contribution in [0.2, 0.25) is 0 Å². The number of benzene rings is 1. The highest BCUT2D eigenvalue weighted by atomic mass is 32.1. The maximum atomic E-state index is 12.5. The number of aryl methyl sites for hydroxylation is 1. The summed E-state index contributed by atoms with van der Waals surface area (Å²) in [7, 11) is 0. The van der Waals surface area contributed by atoms with Gasteiger partial charge in [0, 0.05) is 23.7 Å². The third kappa shape index (κ3) is 3.96. The van der Waals surface area contributed by atoms with Crippen LogP contribution in [0.3, 0.4) is 0 Å². The number of carbonyl (C=O) groups excluding carboxylic acids is 1. The lowest BCUT2D eigenvalue weighted by atomic mass is 10.1. The Hall–Kier alpha value is -1.88. The van der Waals surface area contributed by atoms with Crippen LogP contribution in [-0.4, -0.2) is 34.5 Å². The van der Waals surface area contributed by atoms with E-state index in [0.717, 1.165) is 25.7 Å². The van der Waals surface area contributed by atoms with Crippen LogP contribution in [0, 0.1) is 5.92 Å². The topological polar surface area (TPSA) is 57.6 Å². The molecular formula is C19H23NO3S. The summed E-state index contributed by atoms with van der Waals surface area (Å²) in [6.07, 6.45) is 4.21. The molecule has 0 aliphatic heterocycles. The monoisotopic (exact) mass is 345 g/mol. The van der Waals surface area contributed by atoms with Crippen LogP contribution in [0.25, 0.3) is 10.1 Å². The van der Waals surface area contributed by atoms with Crippen molar-refractivity contribution in [3.8, 4) is 0 Å². The molecule has 1 aromatic carbocycles. The molecule has 0 saturated heterocycles. The van der Waals surface area contributed by atoms with E-state index in [1.54, 1.807) is 23.2 Å². The molecule has 1 unspecified atom stereocenters. The van der Waals surface area contributed by atoms with E-state index in [2.05, 4.69) is 17.5 Å². The number of amides is 1. The van der Waals surface area contributed by atoms with E-state index in [1.165, 1.54) is 15.6 Å². The first-order valence-electron chi connectivity index (χ1n) is 8.53. The van der Waals surface area contributed by atoms with Gasteiger partial charge in [-0.25, -0.2) is 0 Å². The first-order chi connectivity index (χ1) is 11.6. The van der Waals surface area contributed by atoms with Crippen molar-refractivity contribution in [2.45, 2.75) is 45.1 Å². The van der Waals surface area contributed by atoms with E-state index < -0.39 is 11.9 Å². The fraction of sp³-hybridized carbons (Fsp3) is 0.474. The zero-order valence-electron chi connectivity index (χ0n) is 13.9. The minimum atomic E-state index is -0.835. The lowest BCUT2D eigenvalue weighted by molar-refractivity contribution is -0.143. The van der Waals surface area contributed by atoms with Crippen molar-refractivity contribution >= 4 is 33.3 Å². The van der Waals surface area contributed by atoms with Crippen LogP contribution in [0.4, 0.5) is 0 Å². The van der Waals surface area contributed by atoms with Gasteiger partial charge in [0.05, 0.1) is 5.92 Å². The van der Waals surface area contributed by atoms with Crippen molar-refractivity contribution in [1.82, 2.24) is 4.90 Å². The molecule has 1 fully saturated rings. The van der Waals surface area contributed by atoms with E-state index in [0.29, 0.717) is 13.0 Å². The average molecular weight is 345 g/mol. The van der Waals surface area contributed by atoms with Gasteiger partial charge >= 0.3 is 5.97 Å². The van der Waals surface area contributed by atoms with Crippen LogP contribution >= 0.6 is 11.3 Å². The van der Waals surface area contributed by atoms with E-state index in [9.17, 15) is 9.59 Å². The average Bonchev–Trinajstić information content (AvgIpc) is 3.33. The Balaban J connectivity index is 1.55. The number of thiophene rings is 1. The third-order valence-corrected chi connectivity index (χ3v) is 5.61. The fourth-order valence-electron chi connectivity index (χ4n) is 3.01. The van der Waals surface area contributed by atoms with Gasteiger partial charge in [-0.15, -0.1) is 11.3 Å². The summed E-state index contributed by atoms with van der Waals surface area (Å²) in [4.78, 5) is 25.4. The minimum absolute atomic E-state index is 0.102. The number of hydrogen-bond acceptors (Lipinski definition) is 3. The second-order valence-corrected chi connectivity index (χ2v) is 7.54. The molecule has 4 nitrogen and oxygen atoms in total. The van der Waals surface area contributed by atoms with E-state index in [4.69, 9.17) is 5.11 Å². The summed E-state index contributed by atoms with van der Waals surface area (Å²) in [5.41, 5.74) is 1.31. The molecule has 1 aromatic heterocycles. The highest BCUT2D eigenvalue weighted by molar-refractivity contribution is 7.17. The van der Waals surface area contributed by atoms with Crippen molar-refractivity contribution in [3.05, 3.63) is 35.2 Å². The zero-order valence-corrected chi connectivity index (χ0v) is 14.7. The number of carboxylic acid groups (broad SMARTS) is 1. The van der Waals surface area contributed by atoms with Crippen molar-refractivity contribution in [1.29, 1.82) is 0 Å². The van der Waals surface area contributed by atoms with Gasteiger partial charge in [0.25, 0.3) is 0 Å². The summed E-state index contributed by atoms with van der Waals surface area (Å²) < 4.78 is 1.29. The summed E-state index contributed by atoms with van der Waals surface area (Å²) in [6, 6.07) is 8.61. The van der Waals surface area contributed by atoms with Gasteiger partial charge in [0.1, 0.15) is 0 Å². The Bertz CT molecular complexity index is 735. The molecule has 1 amide bonds. The molecular weight excluding hydrogens is 322 g/mol. The van der Waals surface area contributed by atoms with E-state index >= 15 is 0 Å². The number of hydrogen-bond donors (Lipinski definition) is 1. The molecule has 1 atom stereocenters. The van der Waals surface area contributed by atoms with Crippen LogP contribution in [0.1, 0.15) is 38.2 Å². The SMILES string of the molecule is CC(CN(C(=O)CCCc1csc2ccccc12)C1CC1)C(=O)O. The highest BCUT2D eigenvalue weighted by Gasteiger charge is 2.34. The third-order valence-electron chi connectivity index (χ3n) is 4.60. The smallest absolute Gasteiger partial charge is 0.308 e. The Morgan fingerprint density at radius 3 is 2.79 bits per heavy atom. The maximum absolute atomic E-state index is 12.5.